The van der Waals surface area contributed by atoms with Crippen LogP contribution in [0.1, 0.15) is 42.5 Å². The van der Waals surface area contributed by atoms with Crippen molar-refractivity contribution in [2.75, 3.05) is 11.9 Å². The van der Waals surface area contributed by atoms with Gasteiger partial charge in [-0.15, -0.1) is 0 Å². The molecule has 0 spiro atoms. The molecule has 1 aromatic heterocycles. The van der Waals surface area contributed by atoms with Crippen molar-refractivity contribution < 1.29 is 4.79 Å². The van der Waals surface area contributed by atoms with Gasteiger partial charge in [0.25, 0.3) is 5.91 Å². The molecule has 6 nitrogen and oxygen atoms in total. The molecule has 6 heteroatoms. The van der Waals surface area contributed by atoms with E-state index in [1.54, 1.807) is 12.1 Å². The van der Waals surface area contributed by atoms with Gasteiger partial charge in [0, 0.05) is 17.8 Å². The number of aromatic amines is 1. The van der Waals surface area contributed by atoms with Gasteiger partial charge in [0.05, 0.1) is 6.04 Å². The van der Waals surface area contributed by atoms with Crippen molar-refractivity contribution >= 4 is 11.6 Å². The Bertz CT molecular complexity index is 535. The molecule has 1 amide bonds. The van der Waals surface area contributed by atoms with Crippen molar-refractivity contribution in [3.8, 4) is 0 Å². The van der Waals surface area contributed by atoms with Gasteiger partial charge < -0.3 is 10.6 Å². The molecule has 1 aromatic carbocycles. The van der Waals surface area contributed by atoms with E-state index in [0.29, 0.717) is 11.4 Å². The van der Waals surface area contributed by atoms with Gasteiger partial charge in [0.1, 0.15) is 12.2 Å². The van der Waals surface area contributed by atoms with E-state index in [0.717, 1.165) is 18.7 Å². The average molecular weight is 273 g/mol. The van der Waals surface area contributed by atoms with Crippen molar-refractivity contribution in [1.82, 2.24) is 20.5 Å². The van der Waals surface area contributed by atoms with Gasteiger partial charge in [0.2, 0.25) is 0 Å². The van der Waals surface area contributed by atoms with Crippen LogP contribution in [-0.2, 0) is 0 Å². The summed E-state index contributed by atoms with van der Waals surface area (Å²) < 4.78 is 0. The van der Waals surface area contributed by atoms with Gasteiger partial charge in [-0.2, -0.15) is 5.10 Å². The highest BCUT2D eigenvalue weighted by Gasteiger charge is 2.13. The average Bonchev–Trinajstić information content (AvgIpc) is 3.00. The number of carbonyl (C=O) groups excluding carboxylic acids is 1. The number of benzene rings is 1. The molecule has 0 aliphatic heterocycles. The number of H-pyrrole nitrogens is 1. The predicted octanol–water partition coefficient (Wildman–Crippen LogP) is 2.12. The lowest BCUT2D eigenvalue weighted by molar-refractivity contribution is 0.0938. The lowest BCUT2D eigenvalue weighted by atomic mass is 10.1. The first kappa shape index (κ1) is 14.0. The molecule has 0 radical (unpaired) electrons. The number of rotatable bonds is 6. The summed E-state index contributed by atoms with van der Waals surface area (Å²) in [6, 6.07) is 7.22. The zero-order valence-corrected chi connectivity index (χ0v) is 11.7. The van der Waals surface area contributed by atoms with Gasteiger partial charge in [-0.1, -0.05) is 6.92 Å². The third kappa shape index (κ3) is 3.57. The van der Waals surface area contributed by atoms with Crippen LogP contribution in [0, 0.1) is 0 Å². The molecule has 0 saturated heterocycles. The number of nitrogens with zero attached hydrogens (tertiary/aromatic N) is 2. The Labute approximate surface area is 118 Å². The highest BCUT2D eigenvalue weighted by atomic mass is 16.1. The van der Waals surface area contributed by atoms with Gasteiger partial charge in [-0.05, 0) is 37.6 Å². The van der Waals surface area contributed by atoms with E-state index in [1.165, 1.54) is 6.33 Å². The second kappa shape index (κ2) is 6.70. The summed E-state index contributed by atoms with van der Waals surface area (Å²) in [6.45, 7) is 4.89. The molecule has 1 heterocycles. The van der Waals surface area contributed by atoms with E-state index >= 15 is 0 Å². The second-order valence-electron chi connectivity index (χ2n) is 4.57. The quantitative estimate of drug-likeness (QED) is 0.753. The van der Waals surface area contributed by atoms with E-state index in [9.17, 15) is 4.79 Å². The molecular weight excluding hydrogens is 254 g/mol. The minimum Gasteiger partial charge on any atom is -0.385 e. The third-order valence-corrected chi connectivity index (χ3v) is 2.92. The lowest BCUT2D eigenvalue weighted by Crippen LogP contribution is -2.27. The number of nitrogens with one attached hydrogen (secondary N) is 3. The smallest absolute Gasteiger partial charge is 0.251 e. The van der Waals surface area contributed by atoms with Crippen molar-refractivity contribution in [2.24, 2.45) is 0 Å². The first-order valence-corrected chi connectivity index (χ1v) is 6.70. The van der Waals surface area contributed by atoms with Crippen LogP contribution >= 0.6 is 0 Å². The zero-order chi connectivity index (χ0) is 14.4. The number of carbonyl (C=O) groups is 1. The fraction of sp³-hybridized carbons (Fsp3) is 0.357. The molecule has 0 saturated carbocycles. The van der Waals surface area contributed by atoms with Crippen molar-refractivity contribution in [1.29, 1.82) is 0 Å². The Morgan fingerprint density at radius 2 is 2.10 bits per heavy atom. The van der Waals surface area contributed by atoms with Crippen molar-refractivity contribution in [3.05, 3.63) is 42.0 Å². The number of hydrogen-bond donors (Lipinski definition) is 3. The Morgan fingerprint density at radius 1 is 1.35 bits per heavy atom. The molecule has 0 bridgehead atoms. The highest BCUT2D eigenvalue weighted by molar-refractivity contribution is 5.94. The van der Waals surface area contributed by atoms with Crippen LogP contribution in [0.4, 0.5) is 5.69 Å². The van der Waals surface area contributed by atoms with Crippen LogP contribution in [-0.4, -0.2) is 27.6 Å². The number of amides is 1. The van der Waals surface area contributed by atoms with Gasteiger partial charge in [-0.3, -0.25) is 9.89 Å². The summed E-state index contributed by atoms with van der Waals surface area (Å²) in [7, 11) is 0. The minimum absolute atomic E-state index is 0.129. The number of hydrogen-bond acceptors (Lipinski definition) is 4. The largest absolute Gasteiger partial charge is 0.385 e. The summed E-state index contributed by atoms with van der Waals surface area (Å²) in [5.41, 5.74) is 1.64. The van der Waals surface area contributed by atoms with Gasteiger partial charge in [0.15, 0.2) is 0 Å². The van der Waals surface area contributed by atoms with Gasteiger partial charge in [-0.25, -0.2) is 4.98 Å². The molecule has 1 atom stereocenters. The molecule has 0 fully saturated rings. The minimum atomic E-state index is -0.206. The Balaban J connectivity index is 1.95. The molecule has 106 valence electrons. The fourth-order valence-electron chi connectivity index (χ4n) is 1.78. The third-order valence-electron chi connectivity index (χ3n) is 2.92. The van der Waals surface area contributed by atoms with Crippen LogP contribution in [0.3, 0.4) is 0 Å². The van der Waals surface area contributed by atoms with Crippen LogP contribution in [0.15, 0.2) is 30.6 Å². The normalized spacial score (nSPS) is 11.9. The Morgan fingerprint density at radius 3 is 2.70 bits per heavy atom. The van der Waals surface area contributed by atoms with Crippen molar-refractivity contribution in [3.63, 3.8) is 0 Å². The lowest BCUT2D eigenvalue weighted by Gasteiger charge is -2.11. The SMILES string of the molecule is CCCNc1ccc(C(=O)NC(C)c2ncn[nH]2)cc1. The van der Waals surface area contributed by atoms with Crippen LogP contribution < -0.4 is 10.6 Å². The van der Waals surface area contributed by atoms with Crippen LogP contribution in [0.5, 0.6) is 0 Å². The number of anilines is 1. The Hall–Kier alpha value is -2.37. The van der Waals surface area contributed by atoms with Crippen molar-refractivity contribution in [2.45, 2.75) is 26.3 Å². The monoisotopic (exact) mass is 273 g/mol. The second-order valence-corrected chi connectivity index (χ2v) is 4.57. The van der Waals surface area contributed by atoms with Gasteiger partial charge >= 0.3 is 0 Å². The Kier molecular flexibility index (Phi) is 4.70. The topological polar surface area (TPSA) is 82.7 Å². The summed E-state index contributed by atoms with van der Waals surface area (Å²) in [6.07, 6.45) is 2.49. The first-order chi connectivity index (χ1) is 9.70. The molecule has 0 aliphatic rings. The van der Waals surface area contributed by atoms with E-state index in [2.05, 4.69) is 32.7 Å². The maximum atomic E-state index is 12.1. The summed E-state index contributed by atoms with van der Waals surface area (Å²) >= 11 is 0. The van der Waals surface area contributed by atoms with Crippen LogP contribution in [0.25, 0.3) is 0 Å². The fourth-order valence-corrected chi connectivity index (χ4v) is 1.78. The molecule has 2 aromatic rings. The van der Waals surface area contributed by atoms with E-state index in [-0.39, 0.29) is 11.9 Å². The van der Waals surface area contributed by atoms with Crippen LogP contribution in [0.2, 0.25) is 0 Å². The number of aromatic nitrogens is 3. The summed E-state index contributed by atoms with van der Waals surface area (Å²) in [4.78, 5) is 16.1. The summed E-state index contributed by atoms with van der Waals surface area (Å²) in [5.74, 6) is 0.510. The molecule has 3 N–H and O–H groups in total. The van der Waals surface area contributed by atoms with E-state index in [4.69, 9.17) is 0 Å². The first-order valence-electron chi connectivity index (χ1n) is 6.70. The zero-order valence-electron chi connectivity index (χ0n) is 11.7. The maximum absolute atomic E-state index is 12.1. The standard InChI is InChI=1S/C14H19N5O/c1-3-8-15-12-6-4-11(5-7-12)14(20)18-10(2)13-16-9-17-19-13/h4-7,9-10,15H,3,8H2,1-2H3,(H,18,20)(H,16,17,19). The molecule has 20 heavy (non-hydrogen) atoms. The molecule has 1 unspecified atom stereocenters. The molecule has 0 aliphatic carbocycles. The van der Waals surface area contributed by atoms with E-state index in [1.807, 2.05) is 19.1 Å². The molecule has 2 rings (SSSR count). The molecular formula is C14H19N5O. The summed E-state index contributed by atoms with van der Waals surface area (Å²) in [5, 5.41) is 12.6. The van der Waals surface area contributed by atoms with E-state index < -0.39 is 0 Å². The maximum Gasteiger partial charge on any atom is 0.251 e. The highest BCUT2D eigenvalue weighted by Crippen LogP contribution is 2.11. The predicted molar refractivity (Wildman–Crippen MR) is 77.5 cm³/mol.